The van der Waals surface area contributed by atoms with Gasteiger partial charge in [-0.25, -0.2) is 9.97 Å². The smallest absolute Gasteiger partial charge is 0.203 e. The number of fused-ring (bicyclic) bond motifs is 1. The van der Waals surface area contributed by atoms with Crippen LogP contribution in [0.5, 0.6) is 0 Å². The highest BCUT2D eigenvalue weighted by molar-refractivity contribution is 7.10. The van der Waals surface area contributed by atoms with Gasteiger partial charge in [0.25, 0.3) is 0 Å². The highest BCUT2D eigenvalue weighted by Gasteiger charge is 2.19. The van der Waals surface area contributed by atoms with Crippen molar-refractivity contribution >= 4 is 28.4 Å². The normalized spacial score (nSPS) is 12.9. The summed E-state index contributed by atoms with van der Waals surface area (Å²) < 4.78 is 2.04. The number of nitrogen functional groups attached to an aromatic ring is 1. The third kappa shape index (κ3) is 2.00. The molecule has 3 aromatic rings. The zero-order valence-corrected chi connectivity index (χ0v) is 11.8. The second kappa shape index (κ2) is 4.66. The van der Waals surface area contributed by atoms with Crippen molar-refractivity contribution in [2.24, 2.45) is 0 Å². The van der Waals surface area contributed by atoms with Crippen molar-refractivity contribution in [2.75, 3.05) is 5.73 Å². The minimum atomic E-state index is 0.209. The SMILES string of the molecule is CCC(c1cccs1)n1c(N)nc2cc(C)cnc21. The van der Waals surface area contributed by atoms with Crippen molar-refractivity contribution in [3.05, 3.63) is 40.2 Å². The molecular formula is C14H16N4S. The number of rotatable bonds is 3. The predicted molar refractivity (Wildman–Crippen MR) is 79.4 cm³/mol. The molecule has 3 heterocycles. The molecule has 0 fully saturated rings. The highest BCUT2D eigenvalue weighted by atomic mass is 32.1. The summed E-state index contributed by atoms with van der Waals surface area (Å²) in [6.07, 6.45) is 2.83. The molecule has 3 aromatic heterocycles. The Morgan fingerprint density at radius 3 is 3.00 bits per heavy atom. The topological polar surface area (TPSA) is 56.7 Å². The number of nitrogens with two attached hydrogens (primary N) is 1. The molecular weight excluding hydrogens is 256 g/mol. The van der Waals surface area contributed by atoms with Gasteiger partial charge >= 0.3 is 0 Å². The molecule has 19 heavy (non-hydrogen) atoms. The number of hydrogen-bond acceptors (Lipinski definition) is 4. The quantitative estimate of drug-likeness (QED) is 0.795. The zero-order chi connectivity index (χ0) is 13.4. The number of anilines is 1. The second-order valence-corrected chi connectivity index (χ2v) is 5.61. The van der Waals surface area contributed by atoms with Crippen molar-refractivity contribution in [3.63, 3.8) is 0 Å². The maximum atomic E-state index is 6.10. The van der Waals surface area contributed by atoms with Crippen LogP contribution < -0.4 is 5.73 Å². The number of nitrogens with zero attached hydrogens (tertiary/aromatic N) is 3. The number of hydrogen-bond donors (Lipinski definition) is 1. The Morgan fingerprint density at radius 2 is 2.32 bits per heavy atom. The van der Waals surface area contributed by atoms with Crippen LogP contribution in [0.4, 0.5) is 5.95 Å². The first-order chi connectivity index (χ1) is 9.20. The van der Waals surface area contributed by atoms with E-state index in [9.17, 15) is 0 Å². The standard InChI is InChI=1S/C14H16N4S/c1-3-11(12-5-4-6-19-12)18-13-10(17-14(18)15)7-9(2)8-16-13/h4-8,11H,3H2,1-2H3,(H2,15,17). The Morgan fingerprint density at radius 1 is 1.47 bits per heavy atom. The Kier molecular flexibility index (Phi) is 2.98. The van der Waals surface area contributed by atoms with Crippen LogP contribution in [0.25, 0.3) is 11.2 Å². The third-order valence-corrected chi connectivity index (χ3v) is 4.24. The van der Waals surface area contributed by atoms with Crippen LogP contribution in [0.3, 0.4) is 0 Å². The van der Waals surface area contributed by atoms with E-state index in [1.165, 1.54) is 4.88 Å². The van der Waals surface area contributed by atoms with Gasteiger partial charge in [-0.2, -0.15) is 0 Å². The first-order valence-electron chi connectivity index (χ1n) is 6.34. The fourth-order valence-electron chi connectivity index (χ4n) is 2.40. The molecule has 0 aliphatic rings. The summed E-state index contributed by atoms with van der Waals surface area (Å²) in [6, 6.07) is 6.43. The van der Waals surface area contributed by atoms with E-state index in [0.717, 1.165) is 23.1 Å². The molecule has 1 atom stereocenters. The molecule has 0 saturated carbocycles. The summed E-state index contributed by atoms with van der Waals surface area (Å²) in [7, 11) is 0. The third-order valence-electron chi connectivity index (χ3n) is 3.26. The van der Waals surface area contributed by atoms with Gasteiger partial charge in [0, 0.05) is 11.1 Å². The van der Waals surface area contributed by atoms with Crippen LogP contribution in [-0.4, -0.2) is 14.5 Å². The lowest BCUT2D eigenvalue weighted by atomic mass is 10.2. The van der Waals surface area contributed by atoms with Gasteiger partial charge in [-0.15, -0.1) is 11.3 Å². The molecule has 98 valence electrons. The van der Waals surface area contributed by atoms with Gasteiger partial charge in [-0.3, -0.25) is 4.57 Å². The number of imidazole rings is 1. The van der Waals surface area contributed by atoms with E-state index in [4.69, 9.17) is 5.73 Å². The van der Waals surface area contributed by atoms with Gasteiger partial charge < -0.3 is 5.73 Å². The average Bonchev–Trinajstić information content (AvgIpc) is 2.99. The monoisotopic (exact) mass is 272 g/mol. The summed E-state index contributed by atoms with van der Waals surface area (Å²) in [4.78, 5) is 10.2. The molecule has 5 heteroatoms. The molecule has 0 aliphatic carbocycles. The molecule has 1 unspecified atom stereocenters. The van der Waals surface area contributed by atoms with Crippen molar-refractivity contribution in [1.29, 1.82) is 0 Å². The van der Waals surface area contributed by atoms with Gasteiger partial charge in [0.05, 0.1) is 6.04 Å². The van der Waals surface area contributed by atoms with Crippen LogP contribution >= 0.6 is 11.3 Å². The summed E-state index contributed by atoms with van der Waals surface area (Å²) in [5.74, 6) is 0.536. The molecule has 3 rings (SSSR count). The van der Waals surface area contributed by atoms with E-state index in [1.807, 2.05) is 23.8 Å². The average molecular weight is 272 g/mol. The van der Waals surface area contributed by atoms with E-state index < -0.39 is 0 Å². The second-order valence-electron chi connectivity index (χ2n) is 4.63. The molecule has 2 N–H and O–H groups in total. The highest BCUT2D eigenvalue weighted by Crippen LogP contribution is 2.31. The van der Waals surface area contributed by atoms with E-state index in [-0.39, 0.29) is 6.04 Å². The predicted octanol–water partition coefficient (Wildman–Crippen LogP) is 3.38. The number of aryl methyl sites for hydroxylation is 1. The van der Waals surface area contributed by atoms with Gasteiger partial charge in [-0.05, 0) is 36.4 Å². The van der Waals surface area contributed by atoms with Gasteiger partial charge in [0.1, 0.15) is 5.52 Å². The minimum Gasteiger partial charge on any atom is -0.369 e. The Bertz CT molecular complexity index is 700. The maximum absolute atomic E-state index is 6.10. The lowest BCUT2D eigenvalue weighted by Crippen LogP contribution is -2.12. The van der Waals surface area contributed by atoms with E-state index >= 15 is 0 Å². The van der Waals surface area contributed by atoms with E-state index in [0.29, 0.717) is 5.95 Å². The van der Waals surface area contributed by atoms with Crippen LogP contribution in [0.1, 0.15) is 29.8 Å². The minimum absolute atomic E-state index is 0.209. The summed E-state index contributed by atoms with van der Waals surface area (Å²) in [6.45, 7) is 4.17. The summed E-state index contributed by atoms with van der Waals surface area (Å²) in [5.41, 5.74) is 8.93. The first kappa shape index (κ1) is 12.2. The number of pyridine rings is 1. The number of aromatic nitrogens is 3. The summed E-state index contributed by atoms with van der Waals surface area (Å²) in [5, 5.41) is 2.09. The lowest BCUT2D eigenvalue weighted by molar-refractivity contribution is 0.595. The van der Waals surface area contributed by atoms with Gasteiger partial charge in [-0.1, -0.05) is 13.0 Å². The molecule has 0 aromatic carbocycles. The number of thiophene rings is 1. The Labute approximate surface area is 115 Å². The zero-order valence-electron chi connectivity index (χ0n) is 11.0. The van der Waals surface area contributed by atoms with Gasteiger partial charge in [0.2, 0.25) is 5.95 Å². The van der Waals surface area contributed by atoms with Crippen LogP contribution in [0.2, 0.25) is 0 Å². The van der Waals surface area contributed by atoms with Crippen molar-refractivity contribution in [1.82, 2.24) is 14.5 Å². The molecule has 0 spiro atoms. The van der Waals surface area contributed by atoms with Crippen molar-refractivity contribution in [2.45, 2.75) is 26.3 Å². The van der Waals surface area contributed by atoms with E-state index in [2.05, 4.69) is 34.4 Å². The van der Waals surface area contributed by atoms with E-state index in [1.54, 1.807) is 11.3 Å². The van der Waals surface area contributed by atoms with Crippen molar-refractivity contribution in [3.8, 4) is 0 Å². The molecule has 4 nitrogen and oxygen atoms in total. The molecule has 0 aliphatic heterocycles. The maximum Gasteiger partial charge on any atom is 0.203 e. The molecule has 0 saturated heterocycles. The lowest BCUT2D eigenvalue weighted by Gasteiger charge is -2.17. The fourth-order valence-corrected chi connectivity index (χ4v) is 3.30. The molecule has 0 amide bonds. The van der Waals surface area contributed by atoms with Crippen LogP contribution in [0.15, 0.2) is 29.8 Å². The fraction of sp³-hybridized carbons (Fsp3) is 0.286. The van der Waals surface area contributed by atoms with Crippen LogP contribution in [0, 0.1) is 6.92 Å². The first-order valence-corrected chi connectivity index (χ1v) is 7.22. The Balaban J connectivity index is 2.21. The largest absolute Gasteiger partial charge is 0.369 e. The van der Waals surface area contributed by atoms with Gasteiger partial charge in [0.15, 0.2) is 5.65 Å². The Hall–Kier alpha value is -1.88. The summed E-state index contributed by atoms with van der Waals surface area (Å²) >= 11 is 1.74. The molecule has 0 radical (unpaired) electrons. The van der Waals surface area contributed by atoms with Crippen molar-refractivity contribution < 1.29 is 0 Å². The van der Waals surface area contributed by atoms with Crippen LogP contribution in [-0.2, 0) is 0 Å². The molecule has 0 bridgehead atoms.